The van der Waals surface area contributed by atoms with Crippen LogP contribution in [0.15, 0.2) is 24.3 Å². The quantitative estimate of drug-likeness (QED) is 0.884. The van der Waals surface area contributed by atoms with Crippen molar-refractivity contribution in [3.63, 3.8) is 0 Å². The molecule has 0 radical (unpaired) electrons. The molecule has 0 spiro atoms. The van der Waals surface area contributed by atoms with Crippen LogP contribution in [0.4, 0.5) is 5.69 Å². The minimum atomic E-state index is -0.898. The second-order valence-corrected chi connectivity index (χ2v) is 5.01. The normalized spacial score (nSPS) is 21.8. The van der Waals surface area contributed by atoms with Gasteiger partial charge in [0.2, 0.25) is 5.91 Å². The number of carbonyl (C=O) groups excluding carboxylic acids is 1. The molecule has 104 valence electrons. The molecule has 0 unspecified atom stereocenters. The number of anilines is 1. The Morgan fingerprint density at radius 1 is 1.15 bits per heavy atom. The lowest BCUT2D eigenvalue weighted by Gasteiger charge is -2.27. The van der Waals surface area contributed by atoms with Crippen LogP contribution >= 0.6 is 0 Å². The molecule has 2 rings (SSSR count). The SMILES string of the molecule is N#Cc1ccc(NC(=O)[C@@H]2CCCC[C@@H]2C(=O)O)cc1. The Morgan fingerprint density at radius 2 is 1.75 bits per heavy atom. The zero-order valence-corrected chi connectivity index (χ0v) is 11.0. The highest BCUT2D eigenvalue weighted by molar-refractivity contribution is 5.95. The van der Waals surface area contributed by atoms with Crippen LogP contribution in [0.2, 0.25) is 0 Å². The zero-order chi connectivity index (χ0) is 14.5. The Kier molecular flexibility index (Phi) is 4.36. The van der Waals surface area contributed by atoms with E-state index in [2.05, 4.69) is 5.32 Å². The summed E-state index contributed by atoms with van der Waals surface area (Å²) in [6.07, 6.45) is 2.91. The monoisotopic (exact) mass is 272 g/mol. The van der Waals surface area contributed by atoms with E-state index in [-0.39, 0.29) is 5.91 Å². The van der Waals surface area contributed by atoms with Crippen molar-refractivity contribution in [2.24, 2.45) is 11.8 Å². The number of benzene rings is 1. The van der Waals surface area contributed by atoms with E-state index in [1.54, 1.807) is 24.3 Å². The van der Waals surface area contributed by atoms with Gasteiger partial charge in [-0.3, -0.25) is 9.59 Å². The number of hydrogen-bond donors (Lipinski definition) is 2. The van der Waals surface area contributed by atoms with E-state index in [9.17, 15) is 14.7 Å². The van der Waals surface area contributed by atoms with Crippen LogP contribution in [-0.2, 0) is 9.59 Å². The Morgan fingerprint density at radius 3 is 2.30 bits per heavy atom. The largest absolute Gasteiger partial charge is 0.481 e. The van der Waals surface area contributed by atoms with Crippen LogP contribution in [0.25, 0.3) is 0 Å². The number of hydrogen-bond acceptors (Lipinski definition) is 3. The first-order valence-corrected chi connectivity index (χ1v) is 6.65. The lowest BCUT2D eigenvalue weighted by atomic mass is 9.78. The van der Waals surface area contributed by atoms with E-state index in [0.717, 1.165) is 12.8 Å². The fraction of sp³-hybridized carbons (Fsp3) is 0.400. The van der Waals surface area contributed by atoms with Gasteiger partial charge in [0.05, 0.1) is 23.5 Å². The summed E-state index contributed by atoms with van der Waals surface area (Å²) in [6.45, 7) is 0. The molecule has 20 heavy (non-hydrogen) atoms. The second kappa shape index (κ2) is 6.20. The maximum absolute atomic E-state index is 12.2. The summed E-state index contributed by atoms with van der Waals surface area (Å²) in [5, 5.41) is 20.6. The average Bonchev–Trinajstić information content (AvgIpc) is 2.48. The molecule has 1 saturated carbocycles. The first-order valence-electron chi connectivity index (χ1n) is 6.65. The zero-order valence-electron chi connectivity index (χ0n) is 11.0. The Hall–Kier alpha value is -2.35. The third kappa shape index (κ3) is 3.15. The molecular weight excluding hydrogens is 256 g/mol. The van der Waals surface area contributed by atoms with Crippen molar-refractivity contribution < 1.29 is 14.7 Å². The van der Waals surface area contributed by atoms with E-state index in [0.29, 0.717) is 24.1 Å². The smallest absolute Gasteiger partial charge is 0.307 e. The molecule has 0 bridgehead atoms. The van der Waals surface area contributed by atoms with Crippen LogP contribution in [-0.4, -0.2) is 17.0 Å². The molecule has 5 nitrogen and oxygen atoms in total. The third-order valence-electron chi connectivity index (χ3n) is 3.70. The molecule has 2 atom stereocenters. The van der Waals surface area contributed by atoms with E-state index < -0.39 is 17.8 Å². The Labute approximate surface area is 117 Å². The van der Waals surface area contributed by atoms with Crippen molar-refractivity contribution in [3.8, 4) is 6.07 Å². The number of amides is 1. The number of carbonyl (C=O) groups is 2. The number of rotatable bonds is 3. The van der Waals surface area contributed by atoms with Crippen LogP contribution in [0, 0.1) is 23.2 Å². The van der Waals surface area contributed by atoms with Crippen LogP contribution in [0.5, 0.6) is 0 Å². The van der Waals surface area contributed by atoms with Crippen molar-refractivity contribution in [2.45, 2.75) is 25.7 Å². The van der Waals surface area contributed by atoms with Crippen molar-refractivity contribution >= 4 is 17.6 Å². The number of nitrogens with one attached hydrogen (secondary N) is 1. The van der Waals surface area contributed by atoms with Crippen LogP contribution in [0.3, 0.4) is 0 Å². The number of nitrogens with zero attached hydrogens (tertiary/aromatic N) is 1. The molecule has 1 amide bonds. The molecule has 1 aliphatic rings. The highest BCUT2D eigenvalue weighted by Crippen LogP contribution is 2.31. The molecular formula is C15H16N2O3. The third-order valence-corrected chi connectivity index (χ3v) is 3.70. The molecule has 2 N–H and O–H groups in total. The van der Waals surface area contributed by atoms with Gasteiger partial charge in [-0.2, -0.15) is 5.26 Å². The van der Waals surface area contributed by atoms with Crippen LogP contribution < -0.4 is 5.32 Å². The molecule has 5 heteroatoms. The van der Waals surface area contributed by atoms with E-state index >= 15 is 0 Å². The first-order chi connectivity index (χ1) is 9.61. The molecule has 1 aliphatic carbocycles. The van der Waals surface area contributed by atoms with Gasteiger partial charge in [-0.1, -0.05) is 12.8 Å². The van der Waals surface area contributed by atoms with Crippen molar-refractivity contribution in [3.05, 3.63) is 29.8 Å². The number of carboxylic acid groups (broad SMARTS) is 1. The van der Waals surface area contributed by atoms with Gasteiger partial charge in [0, 0.05) is 5.69 Å². The summed E-state index contributed by atoms with van der Waals surface area (Å²) < 4.78 is 0. The summed E-state index contributed by atoms with van der Waals surface area (Å²) >= 11 is 0. The van der Waals surface area contributed by atoms with Gasteiger partial charge < -0.3 is 10.4 Å². The number of carboxylic acids is 1. The summed E-state index contributed by atoms with van der Waals surface area (Å²) in [7, 11) is 0. The highest BCUT2D eigenvalue weighted by atomic mass is 16.4. The maximum atomic E-state index is 12.2. The van der Waals surface area contributed by atoms with Gasteiger partial charge in [0.15, 0.2) is 0 Å². The minimum absolute atomic E-state index is 0.248. The van der Waals surface area contributed by atoms with Crippen LogP contribution in [0.1, 0.15) is 31.2 Å². The van der Waals surface area contributed by atoms with Gasteiger partial charge in [-0.15, -0.1) is 0 Å². The predicted octanol–water partition coefficient (Wildman–Crippen LogP) is 2.39. The summed E-state index contributed by atoms with van der Waals surface area (Å²) in [4.78, 5) is 23.4. The molecule has 0 heterocycles. The van der Waals surface area contributed by atoms with E-state index in [4.69, 9.17) is 5.26 Å². The fourth-order valence-corrected chi connectivity index (χ4v) is 2.60. The van der Waals surface area contributed by atoms with E-state index in [1.165, 1.54) is 0 Å². The van der Waals surface area contributed by atoms with Crippen molar-refractivity contribution in [1.82, 2.24) is 0 Å². The van der Waals surface area contributed by atoms with Gasteiger partial charge in [-0.05, 0) is 37.1 Å². The standard InChI is InChI=1S/C15H16N2O3/c16-9-10-5-7-11(8-6-10)17-14(18)12-3-1-2-4-13(12)15(19)20/h5-8,12-13H,1-4H2,(H,17,18)(H,19,20)/t12-,13+/m1/s1. The lowest BCUT2D eigenvalue weighted by molar-refractivity contribution is -0.147. The average molecular weight is 272 g/mol. The fourth-order valence-electron chi connectivity index (χ4n) is 2.60. The minimum Gasteiger partial charge on any atom is -0.481 e. The predicted molar refractivity (Wildman–Crippen MR) is 72.9 cm³/mol. The van der Waals surface area contributed by atoms with Gasteiger partial charge in [0.1, 0.15) is 0 Å². The van der Waals surface area contributed by atoms with Crippen molar-refractivity contribution in [1.29, 1.82) is 5.26 Å². The van der Waals surface area contributed by atoms with E-state index in [1.807, 2.05) is 6.07 Å². The molecule has 0 saturated heterocycles. The summed E-state index contributed by atoms with van der Waals surface area (Å²) in [6, 6.07) is 8.53. The van der Waals surface area contributed by atoms with Gasteiger partial charge in [-0.25, -0.2) is 0 Å². The molecule has 1 aromatic rings. The Balaban J connectivity index is 2.06. The topological polar surface area (TPSA) is 90.2 Å². The van der Waals surface area contributed by atoms with Gasteiger partial charge >= 0.3 is 5.97 Å². The second-order valence-electron chi connectivity index (χ2n) is 5.01. The first kappa shape index (κ1) is 14.1. The highest BCUT2D eigenvalue weighted by Gasteiger charge is 2.35. The molecule has 0 aromatic heterocycles. The molecule has 0 aliphatic heterocycles. The molecule has 1 aromatic carbocycles. The Bertz CT molecular complexity index is 545. The summed E-state index contributed by atoms with van der Waals surface area (Å²) in [5.74, 6) is -2.22. The number of aliphatic carboxylic acids is 1. The van der Waals surface area contributed by atoms with Crippen molar-refractivity contribution in [2.75, 3.05) is 5.32 Å². The maximum Gasteiger partial charge on any atom is 0.307 e. The molecule has 1 fully saturated rings. The number of nitriles is 1. The van der Waals surface area contributed by atoms with Gasteiger partial charge in [0.25, 0.3) is 0 Å². The lowest BCUT2D eigenvalue weighted by Crippen LogP contribution is -2.36. The summed E-state index contributed by atoms with van der Waals surface area (Å²) in [5.41, 5.74) is 1.10.